The van der Waals surface area contributed by atoms with Crippen LogP contribution in [0.2, 0.25) is 0 Å². The molecule has 0 amide bonds. The first-order valence-corrected chi connectivity index (χ1v) is 25.8. The number of fused-ring (bicyclic) bond motifs is 6. The molecule has 85 heavy (non-hydrogen) atoms. The first kappa shape index (κ1) is 52.7. The smallest absolute Gasteiger partial charge is 0.308 e. The molecule has 0 aliphatic heterocycles. The van der Waals surface area contributed by atoms with Gasteiger partial charge in [-0.15, -0.1) is 0 Å². The van der Waals surface area contributed by atoms with Gasteiger partial charge in [0.05, 0.1) is 112 Å². The molecule has 10 aromatic carbocycles. The lowest BCUT2D eigenvalue weighted by Gasteiger charge is -2.22. The number of aryl methyl sites for hydroxylation is 1. The molecule has 0 N–H and O–H groups in total. The fourth-order valence-corrected chi connectivity index (χ4v) is 11.3. The lowest BCUT2D eigenvalue weighted by Crippen LogP contribution is -2.08. The molecule has 11 nitrogen and oxygen atoms in total. The summed E-state index contributed by atoms with van der Waals surface area (Å²) < 4.78 is 48.0. The van der Waals surface area contributed by atoms with E-state index >= 15 is 0 Å². The van der Waals surface area contributed by atoms with Gasteiger partial charge in [0.1, 0.15) is 0 Å². The third kappa shape index (κ3) is 9.17. The van der Waals surface area contributed by atoms with E-state index in [2.05, 4.69) is 49.7 Å². The molecule has 2 aromatic heterocycles. The summed E-state index contributed by atoms with van der Waals surface area (Å²) in [5.74, 6) is 0. The number of hydrogen-bond acceptors (Lipinski definition) is 5. The summed E-state index contributed by atoms with van der Waals surface area (Å²) >= 11 is 0. The molecule has 12 rings (SSSR count). The predicted octanol–water partition coefficient (Wildman–Crippen LogP) is 19.1. The Labute approximate surface area is 483 Å². The van der Waals surface area contributed by atoms with Gasteiger partial charge in [-0.1, -0.05) is 48.5 Å². The van der Waals surface area contributed by atoms with Gasteiger partial charge in [-0.2, -0.15) is 39.5 Å². The highest BCUT2D eigenvalue weighted by molar-refractivity contribution is 6.15. The molecule has 14 heteroatoms. The summed E-state index contributed by atoms with van der Waals surface area (Å²) in [6.45, 7) is 32.9. The summed E-state index contributed by atoms with van der Waals surface area (Å²) in [4.78, 5) is 14.5. The molecule has 0 spiro atoms. The second-order valence-electron chi connectivity index (χ2n) is 20.1. The summed E-state index contributed by atoms with van der Waals surface area (Å²) in [6.07, 6.45) is -4.70. The van der Waals surface area contributed by atoms with Crippen LogP contribution >= 0.6 is 0 Å². The van der Waals surface area contributed by atoms with Crippen LogP contribution in [0.5, 0.6) is 0 Å². The van der Waals surface area contributed by atoms with Gasteiger partial charge < -0.3 is 9.13 Å². The second-order valence-corrected chi connectivity index (χ2v) is 20.1. The van der Waals surface area contributed by atoms with Crippen molar-refractivity contribution in [2.45, 2.75) is 13.1 Å². The highest BCUT2D eigenvalue weighted by atomic mass is 19.4. The lowest BCUT2D eigenvalue weighted by atomic mass is 9.93. The number of hydrogen-bond donors (Lipinski definition) is 0. The topological polar surface area (TPSA) is 146 Å². The van der Waals surface area contributed by atoms with Crippen molar-refractivity contribution in [3.05, 3.63) is 261 Å². The largest absolute Gasteiger partial charge is 0.416 e. The Balaban J connectivity index is 1.22. The molecule has 0 fully saturated rings. The van der Waals surface area contributed by atoms with E-state index < -0.39 is 11.7 Å². The van der Waals surface area contributed by atoms with Crippen LogP contribution in [0.4, 0.5) is 35.9 Å². The molecule has 392 valence electrons. The van der Waals surface area contributed by atoms with Crippen LogP contribution in [0.25, 0.3) is 130 Å². The van der Waals surface area contributed by atoms with Gasteiger partial charge in [0, 0.05) is 38.2 Å². The molecule has 0 radical (unpaired) electrons. The SMILES string of the molecule is [C-]#[N+]c1cc(C#N)cc(-c2ccc3c(c2)c2cc(-c4cc(C#N)cc(C#N)c4)ccc2n3-c2cc(C#N)cc(-n3c4ccc(-c5cc(C#N)cc([N+]#[C-])c5)cc4c4cc(-c5cc([N+]#[C-])cc([N+]#[C-])c5)ccc43)c2-c2ccc(C(F)(F)F)cc2C)c1. The quantitative estimate of drug-likeness (QED) is 0.146. The van der Waals surface area contributed by atoms with Crippen molar-refractivity contribution in [1.82, 2.24) is 9.13 Å². The highest BCUT2D eigenvalue weighted by Crippen LogP contribution is 2.47. The Morgan fingerprint density at radius 1 is 0.353 bits per heavy atom. The summed E-state index contributed by atoms with van der Waals surface area (Å²) in [6, 6.07) is 60.1. The minimum absolute atomic E-state index is 0.185. The van der Waals surface area contributed by atoms with Crippen LogP contribution in [0.15, 0.2) is 176 Å². The lowest BCUT2D eigenvalue weighted by molar-refractivity contribution is -0.137. The van der Waals surface area contributed by atoms with E-state index in [1.807, 2.05) is 81.9 Å². The summed E-state index contributed by atoms with van der Waals surface area (Å²) in [5, 5.41) is 53.9. The summed E-state index contributed by atoms with van der Waals surface area (Å²) in [5.41, 5.74) is 10.8. The maximum absolute atomic E-state index is 14.7. The maximum atomic E-state index is 14.7. The van der Waals surface area contributed by atoms with E-state index in [1.54, 1.807) is 67.6 Å². The van der Waals surface area contributed by atoms with Crippen molar-refractivity contribution < 1.29 is 13.2 Å². The molecule has 12 aromatic rings. The van der Waals surface area contributed by atoms with Gasteiger partial charge in [0.15, 0.2) is 22.7 Å². The van der Waals surface area contributed by atoms with Gasteiger partial charge in [-0.05, 0) is 190 Å². The van der Waals surface area contributed by atoms with Crippen molar-refractivity contribution in [3.63, 3.8) is 0 Å². The van der Waals surface area contributed by atoms with Crippen LogP contribution in [0.1, 0.15) is 38.9 Å². The molecule has 0 atom stereocenters. The highest BCUT2D eigenvalue weighted by Gasteiger charge is 2.32. The molecule has 0 aliphatic carbocycles. The van der Waals surface area contributed by atoms with E-state index in [-0.39, 0.29) is 56.1 Å². The zero-order chi connectivity index (χ0) is 59.4. The van der Waals surface area contributed by atoms with Gasteiger partial charge in [0.2, 0.25) is 0 Å². The monoisotopic (exact) mass is 1100 g/mol. The minimum Gasteiger partial charge on any atom is -0.308 e. The molecule has 0 aliphatic rings. The summed E-state index contributed by atoms with van der Waals surface area (Å²) in [7, 11) is 0. The predicted molar refractivity (Wildman–Crippen MR) is 321 cm³/mol. The van der Waals surface area contributed by atoms with Crippen LogP contribution in [0, 0.1) is 89.9 Å². The van der Waals surface area contributed by atoms with Crippen LogP contribution in [0.3, 0.4) is 0 Å². The standard InChI is InChI=1S/C71H32F3N11/c1-40-16-54(71(72,73)74)10-11-59(40)70-68(84-64-12-6-46(50-18-41(35-75)17-42(19-50)36-76)30-60(64)61-31-47(7-13-65(61)84)51-20-43(37-77)22-55(26-51)80-2)24-45(39-79)25-69(70)85-66-14-8-48(52-21-44(38-78)23-56(27-52)81-3)32-62(66)63-33-49(9-15-67(63)85)53-28-57(82-4)34-58(29-53)83-5/h6-34H,1H3. The Bertz CT molecular complexity index is 4690. The number of alkyl halides is 3. The van der Waals surface area contributed by atoms with Gasteiger partial charge in [-0.25, -0.2) is 19.4 Å². The van der Waals surface area contributed by atoms with Gasteiger partial charge in [0.25, 0.3) is 0 Å². The van der Waals surface area contributed by atoms with Crippen molar-refractivity contribution in [3.8, 4) is 97.4 Å². The third-order valence-electron chi connectivity index (χ3n) is 15.1. The Kier molecular flexibility index (Phi) is 12.8. The molecule has 0 unspecified atom stereocenters. The normalized spacial score (nSPS) is 11.0. The van der Waals surface area contributed by atoms with Gasteiger partial charge in [-0.3, -0.25) is 0 Å². The Morgan fingerprint density at radius 3 is 1.00 bits per heavy atom. The average Bonchev–Trinajstić information content (AvgIpc) is 1.70. The average molecular weight is 1100 g/mol. The molecular weight excluding hydrogens is 1060 g/mol. The molecule has 0 bridgehead atoms. The first-order valence-electron chi connectivity index (χ1n) is 25.8. The van der Waals surface area contributed by atoms with E-state index in [4.69, 9.17) is 26.3 Å². The van der Waals surface area contributed by atoms with Crippen molar-refractivity contribution >= 4 is 66.4 Å². The Hall–Kier alpha value is -13.0. The molecular formula is C71H32F3N11. The molecule has 0 saturated carbocycles. The zero-order valence-electron chi connectivity index (χ0n) is 44.3. The van der Waals surface area contributed by atoms with Crippen LogP contribution in [-0.2, 0) is 6.18 Å². The minimum atomic E-state index is -4.70. The maximum Gasteiger partial charge on any atom is 0.416 e. The van der Waals surface area contributed by atoms with E-state index in [0.29, 0.717) is 111 Å². The number of rotatable bonds is 7. The van der Waals surface area contributed by atoms with E-state index in [9.17, 15) is 39.5 Å². The van der Waals surface area contributed by atoms with Crippen LogP contribution in [-0.4, -0.2) is 9.13 Å². The Morgan fingerprint density at radius 2 is 0.671 bits per heavy atom. The number of nitriles is 5. The second kappa shape index (κ2) is 20.6. The fraction of sp³-hybridized carbons (Fsp3) is 0.0282. The molecule has 0 saturated heterocycles. The number of nitrogens with zero attached hydrogens (tertiary/aromatic N) is 11. The third-order valence-corrected chi connectivity index (χ3v) is 15.1. The molecule has 2 heterocycles. The number of halogens is 3. The van der Waals surface area contributed by atoms with Crippen LogP contribution < -0.4 is 0 Å². The number of benzene rings is 10. The van der Waals surface area contributed by atoms with Crippen molar-refractivity contribution in [2.75, 3.05) is 0 Å². The van der Waals surface area contributed by atoms with Crippen molar-refractivity contribution in [1.29, 1.82) is 26.3 Å². The van der Waals surface area contributed by atoms with Gasteiger partial charge >= 0.3 is 6.18 Å². The van der Waals surface area contributed by atoms with Crippen molar-refractivity contribution in [2.24, 2.45) is 0 Å². The first-order chi connectivity index (χ1) is 41.2. The van der Waals surface area contributed by atoms with E-state index in [0.717, 1.165) is 12.1 Å². The van der Waals surface area contributed by atoms with E-state index in [1.165, 1.54) is 30.3 Å². The fourth-order valence-electron chi connectivity index (χ4n) is 11.3. The zero-order valence-corrected chi connectivity index (χ0v) is 44.3. The number of aromatic nitrogens is 2.